The average molecular weight is 907 g/mol. The number of nitriles is 1. The molecule has 0 aliphatic heterocycles. The van der Waals surface area contributed by atoms with Gasteiger partial charge in [0.25, 0.3) is 0 Å². The van der Waals surface area contributed by atoms with Crippen molar-refractivity contribution in [3.63, 3.8) is 0 Å². The number of ketones is 1. The third kappa shape index (κ3) is 8.80. The molecule has 4 saturated carbocycles. The summed E-state index contributed by atoms with van der Waals surface area (Å²) in [5.74, 6) is -4.83. The molecular weight excluding hydrogens is 863 g/mol. The number of pyridine rings is 1. The highest BCUT2D eigenvalue weighted by Gasteiger charge is 2.47. The number of carbonyl (C=O) groups excluding carboxylic acids is 1. The molecule has 2 aromatic carbocycles. The first-order valence-electron chi connectivity index (χ1n) is 22.0. The highest BCUT2D eigenvalue weighted by atomic mass is 19.2. The lowest BCUT2D eigenvalue weighted by molar-refractivity contribution is -0.152. The number of H-pyrrole nitrogens is 2. The van der Waals surface area contributed by atoms with Gasteiger partial charge in [-0.25, -0.2) is 46.3 Å². The number of hydrogen-bond donors (Lipinski definition) is 3. The van der Waals surface area contributed by atoms with Gasteiger partial charge in [-0.3, -0.25) is 9.59 Å². The smallest absolute Gasteiger partial charge is 0.307 e. The van der Waals surface area contributed by atoms with E-state index < -0.39 is 46.8 Å². The summed E-state index contributed by atoms with van der Waals surface area (Å²) in [5, 5.41) is 19.9. The van der Waals surface area contributed by atoms with Crippen LogP contribution < -0.4 is 0 Å². The molecule has 4 fully saturated rings. The maximum atomic E-state index is 15.0. The molecule has 7 aromatic rings. The molecule has 0 saturated heterocycles. The van der Waals surface area contributed by atoms with E-state index in [4.69, 9.17) is 0 Å². The van der Waals surface area contributed by atoms with Crippen LogP contribution in [0, 0.1) is 81.7 Å². The van der Waals surface area contributed by atoms with Crippen molar-refractivity contribution in [2.24, 2.45) is 42.6 Å². The molecule has 340 valence electrons. The third-order valence-corrected chi connectivity index (χ3v) is 13.8. The van der Waals surface area contributed by atoms with Crippen LogP contribution in [-0.2, 0) is 24.7 Å². The van der Waals surface area contributed by atoms with Crippen LogP contribution in [0.4, 0.5) is 26.3 Å². The zero-order chi connectivity index (χ0) is 46.4. The highest BCUT2D eigenvalue weighted by Crippen LogP contribution is 2.50. The van der Waals surface area contributed by atoms with Crippen LogP contribution in [-0.4, -0.2) is 51.3 Å². The molecule has 3 N–H and O–H groups in total. The number of halogens is 6. The van der Waals surface area contributed by atoms with Crippen LogP contribution in [0.1, 0.15) is 85.2 Å². The van der Waals surface area contributed by atoms with Crippen molar-refractivity contribution in [1.82, 2.24) is 34.5 Å². The molecule has 4 atom stereocenters. The number of benzene rings is 2. The van der Waals surface area contributed by atoms with E-state index in [0.29, 0.717) is 29.7 Å². The number of imidazole rings is 1. The van der Waals surface area contributed by atoms with Crippen LogP contribution in [0.3, 0.4) is 0 Å². The van der Waals surface area contributed by atoms with Crippen molar-refractivity contribution >= 4 is 33.6 Å². The quantitative estimate of drug-likeness (QED) is 0.0901. The summed E-state index contributed by atoms with van der Waals surface area (Å²) in [6.45, 7) is 0. The van der Waals surface area contributed by atoms with E-state index in [1.165, 1.54) is 24.5 Å². The van der Waals surface area contributed by atoms with Gasteiger partial charge in [-0.2, -0.15) is 5.26 Å². The summed E-state index contributed by atoms with van der Waals surface area (Å²) in [5.41, 5.74) is 1.90. The Morgan fingerprint density at radius 1 is 0.773 bits per heavy atom. The van der Waals surface area contributed by atoms with Gasteiger partial charge in [0.1, 0.15) is 40.8 Å². The molecule has 2 bridgehead atoms. The predicted molar refractivity (Wildman–Crippen MR) is 230 cm³/mol. The number of aliphatic carboxylic acids is 1. The van der Waals surface area contributed by atoms with Crippen molar-refractivity contribution in [1.29, 1.82) is 5.26 Å². The Kier molecular flexibility index (Phi) is 12.2. The molecule has 0 radical (unpaired) electrons. The fraction of sp³-hybridized carbons (Fsp3) is 0.367. The van der Waals surface area contributed by atoms with E-state index in [-0.39, 0.29) is 92.1 Å². The minimum atomic E-state index is -0.827. The van der Waals surface area contributed by atoms with Crippen LogP contribution in [0.25, 0.3) is 44.5 Å². The number of carboxylic acids is 1. The third-order valence-electron chi connectivity index (χ3n) is 13.8. The maximum absolute atomic E-state index is 15.0. The largest absolute Gasteiger partial charge is 0.481 e. The first-order chi connectivity index (χ1) is 31.7. The number of rotatable bonds is 10. The Morgan fingerprint density at radius 3 is 2.06 bits per heavy atom. The van der Waals surface area contributed by atoms with Crippen LogP contribution >= 0.6 is 0 Å². The van der Waals surface area contributed by atoms with E-state index in [1.54, 1.807) is 17.1 Å². The van der Waals surface area contributed by atoms with Crippen LogP contribution in [0.5, 0.6) is 0 Å². The zero-order valence-corrected chi connectivity index (χ0v) is 35.7. The number of fused-ring (bicyclic) bond motifs is 5. The number of nitrogens with one attached hydrogen (secondary N) is 2. The Morgan fingerprint density at radius 2 is 1.41 bits per heavy atom. The SMILES string of the molecule is Cn1cnc(C(=O)C[C@@H]2CCC[C@H](Cc3nc(-c4c[nH]c5c(F)cc(F)cc45)c(C#N)cc3F)C2)c1.O=C(O)[C@H]1C2CCC(CC2)[C@@H]1Cc1nc(-c2c[nH]c3c(F)cc(F)cc23)ncc1F. The molecular formula is C49H44F6N8O3. The second-order valence-corrected chi connectivity index (χ2v) is 18.0. The monoisotopic (exact) mass is 906 g/mol. The maximum Gasteiger partial charge on any atom is 0.307 e. The molecule has 4 aliphatic rings. The Balaban J connectivity index is 0.000000169. The summed E-state index contributed by atoms with van der Waals surface area (Å²) in [6.07, 6.45) is 15.5. The van der Waals surface area contributed by atoms with Crippen molar-refractivity contribution in [2.75, 3.05) is 0 Å². The Bertz CT molecular complexity index is 3040. The molecule has 0 unspecified atom stereocenters. The van der Waals surface area contributed by atoms with Crippen molar-refractivity contribution in [2.45, 2.75) is 70.6 Å². The molecule has 0 amide bonds. The van der Waals surface area contributed by atoms with Gasteiger partial charge in [0.2, 0.25) is 0 Å². The number of carboxylic acid groups (broad SMARTS) is 1. The molecule has 5 aromatic heterocycles. The summed E-state index contributed by atoms with van der Waals surface area (Å²) in [7, 11) is 1.82. The van der Waals surface area contributed by atoms with Crippen molar-refractivity contribution in [3.05, 3.63) is 119 Å². The molecule has 5 heterocycles. The standard InChI is InChI=1S/C27H24F3N5O.C22H20F3N3O2/c1-35-13-24(33-14-35)25(36)7-16-4-2-3-15(5-16)6-23-21(29)8-17(11-31)26(34-23)20-12-32-27-19(20)9-18(28)10-22(27)30;23-12-5-14-15(8-26-20(14)16(24)6-12)21-27-9-17(25)18(28-21)7-13-10-1-3-11(4-2-10)19(13)22(29)30/h8-10,12-16,32H,2-7H2,1H3;5-6,8-11,13,19,26H,1-4,7H2,(H,29,30)/t15-,16+;10?,11?,13-,19-/m00/s1. The minimum absolute atomic E-state index is 0.00464. The summed E-state index contributed by atoms with van der Waals surface area (Å²) < 4.78 is 87.1. The van der Waals surface area contributed by atoms with Gasteiger partial charge in [-0.05, 0) is 99.2 Å². The summed E-state index contributed by atoms with van der Waals surface area (Å²) in [4.78, 5) is 47.0. The number of nitrogens with zero attached hydrogens (tertiary/aromatic N) is 6. The molecule has 17 heteroatoms. The number of aromatic amines is 2. The van der Waals surface area contributed by atoms with Gasteiger partial charge in [0, 0.05) is 66.1 Å². The lowest BCUT2D eigenvalue weighted by Gasteiger charge is -2.46. The first-order valence-corrected chi connectivity index (χ1v) is 22.0. The van der Waals surface area contributed by atoms with Gasteiger partial charge < -0.3 is 19.6 Å². The number of hydrogen-bond acceptors (Lipinski definition) is 7. The van der Waals surface area contributed by atoms with Crippen molar-refractivity contribution in [3.8, 4) is 28.7 Å². The van der Waals surface area contributed by atoms with Gasteiger partial charge in [0.15, 0.2) is 17.4 Å². The Labute approximate surface area is 374 Å². The van der Waals surface area contributed by atoms with Gasteiger partial charge in [-0.1, -0.05) is 12.8 Å². The molecule has 11 nitrogen and oxygen atoms in total. The van der Waals surface area contributed by atoms with E-state index in [9.17, 15) is 46.3 Å². The highest BCUT2D eigenvalue weighted by molar-refractivity contribution is 5.96. The van der Waals surface area contributed by atoms with Crippen LogP contribution in [0.15, 0.2) is 61.4 Å². The summed E-state index contributed by atoms with van der Waals surface area (Å²) in [6, 6.07) is 6.98. The topological polar surface area (TPSA) is 166 Å². The van der Waals surface area contributed by atoms with Gasteiger partial charge in [0.05, 0.1) is 52.1 Å². The normalized spacial score (nSPS) is 21.4. The lowest BCUT2D eigenvalue weighted by Crippen LogP contribution is -2.45. The lowest BCUT2D eigenvalue weighted by atomic mass is 9.57. The molecule has 11 rings (SSSR count). The number of Topliss-reactive ketones (excluding diaryl/α,β-unsaturated/α-hetero) is 1. The fourth-order valence-electron chi connectivity index (χ4n) is 10.8. The van der Waals surface area contributed by atoms with E-state index in [0.717, 1.165) is 75.8 Å². The zero-order valence-electron chi connectivity index (χ0n) is 35.7. The number of aryl methyl sites for hydroxylation is 1. The number of carbonyl (C=O) groups is 2. The average Bonchev–Trinajstić information content (AvgIpc) is 4.05. The first kappa shape index (κ1) is 44.4. The minimum Gasteiger partial charge on any atom is -0.481 e. The van der Waals surface area contributed by atoms with Gasteiger partial charge >= 0.3 is 5.97 Å². The number of aromatic nitrogens is 7. The second-order valence-electron chi connectivity index (χ2n) is 18.0. The molecule has 0 spiro atoms. The molecule has 66 heavy (non-hydrogen) atoms. The van der Waals surface area contributed by atoms with Crippen LogP contribution in [0.2, 0.25) is 0 Å². The van der Waals surface area contributed by atoms with Gasteiger partial charge in [-0.15, -0.1) is 0 Å². The van der Waals surface area contributed by atoms with Crippen molar-refractivity contribution < 1.29 is 41.0 Å². The Hall–Kier alpha value is -6.83. The second kappa shape index (κ2) is 18.2. The van der Waals surface area contributed by atoms with E-state index >= 15 is 0 Å². The summed E-state index contributed by atoms with van der Waals surface area (Å²) >= 11 is 0. The predicted octanol–water partition coefficient (Wildman–Crippen LogP) is 10.6. The van der Waals surface area contributed by atoms with E-state index in [2.05, 4.69) is 29.9 Å². The van der Waals surface area contributed by atoms with E-state index in [1.807, 2.05) is 13.1 Å². The molecule has 4 aliphatic carbocycles. The fourth-order valence-corrected chi connectivity index (χ4v) is 10.8.